The SMILES string of the molecule is O=C1c2ccccc2C(=O)c2cc(-c3ccco3)ccc21. The predicted octanol–water partition coefficient (Wildman–Crippen LogP) is 3.72. The summed E-state index contributed by atoms with van der Waals surface area (Å²) in [4.78, 5) is 25.1. The van der Waals surface area contributed by atoms with E-state index in [-0.39, 0.29) is 11.6 Å². The average Bonchev–Trinajstić information content (AvgIpc) is 3.06. The highest BCUT2D eigenvalue weighted by molar-refractivity contribution is 6.28. The van der Waals surface area contributed by atoms with Crippen LogP contribution in [0.1, 0.15) is 31.8 Å². The van der Waals surface area contributed by atoms with Gasteiger partial charge in [0.15, 0.2) is 11.6 Å². The third-order valence-electron chi connectivity index (χ3n) is 3.73. The minimum atomic E-state index is -0.117. The van der Waals surface area contributed by atoms with Crippen molar-refractivity contribution in [1.82, 2.24) is 0 Å². The summed E-state index contributed by atoms with van der Waals surface area (Å²) in [6, 6.07) is 15.8. The summed E-state index contributed by atoms with van der Waals surface area (Å²) < 4.78 is 5.35. The molecule has 3 heteroatoms. The summed E-state index contributed by atoms with van der Waals surface area (Å²) in [5.41, 5.74) is 2.62. The van der Waals surface area contributed by atoms with Crippen LogP contribution in [0, 0.1) is 0 Å². The van der Waals surface area contributed by atoms with Crippen LogP contribution in [-0.2, 0) is 0 Å². The van der Waals surface area contributed by atoms with E-state index in [4.69, 9.17) is 4.42 Å². The summed E-state index contributed by atoms with van der Waals surface area (Å²) in [7, 11) is 0. The van der Waals surface area contributed by atoms with Crippen LogP contribution in [0.15, 0.2) is 65.3 Å². The number of hydrogen-bond donors (Lipinski definition) is 0. The molecular formula is C18H10O3. The minimum Gasteiger partial charge on any atom is -0.464 e. The number of fused-ring (bicyclic) bond motifs is 2. The van der Waals surface area contributed by atoms with Crippen LogP contribution < -0.4 is 0 Å². The van der Waals surface area contributed by atoms with E-state index < -0.39 is 0 Å². The first-order valence-corrected chi connectivity index (χ1v) is 6.62. The van der Waals surface area contributed by atoms with Crippen molar-refractivity contribution < 1.29 is 14.0 Å². The topological polar surface area (TPSA) is 47.3 Å². The largest absolute Gasteiger partial charge is 0.464 e. The van der Waals surface area contributed by atoms with Gasteiger partial charge in [-0.25, -0.2) is 0 Å². The lowest BCUT2D eigenvalue weighted by Crippen LogP contribution is -2.20. The van der Waals surface area contributed by atoms with Crippen LogP contribution in [0.5, 0.6) is 0 Å². The molecule has 0 atom stereocenters. The molecule has 0 radical (unpaired) electrons. The maximum Gasteiger partial charge on any atom is 0.194 e. The Labute approximate surface area is 120 Å². The molecule has 0 fully saturated rings. The molecule has 0 saturated carbocycles. The van der Waals surface area contributed by atoms with Crippen LogP contribution in [-0.4, -0.2) is 11.6 Å². The highest BCUT2D eigenvalue weighted by atomic mass is 16.3. The third kappa shape index (κ3) is 1.68. The van der Waals surface area contributed by atoms with E-state index in [9.17, 15) is 9.59 Å². The Morgan fingerprint density at radius 1 is 0.667 bits per heavy atom. The van der Waals surface area contributed by atoms with Crippen molar-refractivity contribution in [3.63, 3.8) is 0 Å². The van der Waals surface area contributed by atoms with Gasteiger partial charge < -0.3 is 4.42 Å². The Balaban J connectivity index is 1.93. The molecule has 0 spiro atoms. The van der Waals surface area contributed by atoms with E-state index in [1.165, 1.54) is 0 Å². The Bertz CT molecular complexity index is 873. The molecule has 3 aromatic rings. The maximum atomic E-state index is 12.6. The van der Waals surface area contributed by atoms with Gasteiger partial charge in [-0.3, -0.25) is 9.59 Å². The molecule has 21 heavy (non-hydrogen) atoms. The fourth-order valence-electron chi connectivity index (χ4n) is 2.70. The quantitative estimate of drug-likeness (QED) is 0.531. The van der Waals surface area contributed by atoms with Crippen LogP contribution in [0.3, 0.4) is 0 Å². The van der Waals surface area contributed by atoms with E-state index in [1.54, 1.807) is 54.8 Å². The van der Waals surface area contributed by atoms with E-state index in [0.29, 0.717) is 28.0 Å². The van der Waals surface area contributed by atoms with E-state index in [2.05, 4.69) is 0 Å². The van der Waals surface area contributed by atoms with Gasteiger partial charge in [0.05, 0.1) is 6.26 Å². The lowest BCUT2D eigenvalue weighted by atomic mass is 9.83. The standard InChI is InChI=1S/C18H10O3/c19-17-12-4-1-2-5-13(12)18(20)15-10-11(7-8-14(15)17)16-6-3-9-21-16/h1-10H. The highest BCUT2D eigenvalue weighted by Crippen LogP contribution is 2.30. The average molecular weight is 274 g/mol. The van der Waals surface area contributed by atoms with Gasteiger partial charge in [-0.05, 0) is 24.3 Å². The second-order valence-corrected chi connectivity index (χ2v) is 4.94. The van der Waals surface area contributed by atoms with Gasteiger partial charge in [-0.15, -0.1) is 0 Å². The molecule has 0 N–H and O–H groups in total. The number of carbonyl (C=O) groups is 2. The van der Waals surface area contributed by atoms with Crippen molar-refractivity contribution in [2.24, 2.45) is 0 Å². The minimum absolute atomic E-state index is 0.105. The van der Waals surface area contributed by atoms with Crippen molar-refractivity contribution in [3.05, 3.63) is 83.1 Å². The third-order valence-corrected chi connectivity index (χ3v) is 3.73. The highest BCUT2D eigenvalue weighted by Gasteiger charge is 2.29. The zero-order valence-corrected chi connectivity index (χ0v) is 11.0. The summed E-state index contributed by atoms with van der Waals surface area (Å²) >= 11 is 0. The van der Waals surface area contributed by atoms with Gasteiger partial charge >= 0.3 is 0 Å². The first-order valence-electron chi connectivity index (χ1n) is 6.62. The monoisotopic (exact) mass is 274 g/mol. The van der Waals surface area contributed by atoms with E-state index in [0.717, 1.165) is 5.56 Å². The van der Waals surface area contributed by atoms with Crippen LogP contribution >= 0.6 is 0 Å². The molecule has 1 aliphatic rings. The molecule has 0 amide bonds. The zero-order chi connectivity index (χ0) is 14.4. The molecule has 3 nitrogen and oxygen atoms in total. The van der Waals surface area contributed by atoms with Gasteiger partial charge in [-0.2, -0.15) is 0 Å². The normalized spacial score (nSPS) is 13.0. The molecule has 1 aliphatic carbocycles. The number of carbonyl (C=O) groups excluding carboxylic acids is 2. The van der Waals surface area contributed by atoms with Crippen molar-refractivity contribution in [2.45, 2.75) is 0 Å². The Kier molecular flexibility index (Phi) is 2.42. The predicted molar refractivity (Wildman–Crippen MR) is 77.5 cm³/mol. The fraction of sp³-hybridized carbons (Fsp3) is 0. The summed E-state index contributed by atoms with van der Waals surface area (Å²) in [5.74, 6) is 0.455. The zero-order valence-electron chi connectivity index (χ0n) is 11.0. The number of ketones is 2. The van der Waals surface area contributed by atoms with Crippen LogP contribution in [0.4, 0.5) is 0 Å². The lowest BCUT2D eigenvalue weighted by molar-refractivity contribution is 0.0979. The molecule has 2 aromatic carbocycles. The molecule has 1 heterocycles. The second-order valence-electron chi connectivity index (χ2n) is 4.94. The molecule has 4 rings (SSSR count). The molecular weight excluding hydrogens is 264 g/mol. The first-order chi connectivity index (χ1) is 10.3. The molecule has 0 unspecified atom stereocenters. The van der Waals surface area contributed by atoms with Gasteiger partial charge in [0.2, 0.25) is 0 Å². The Morgan fingerprint density at radius 2 is 1.33 bits per heavy atom. The van der Waals surface area contributed by atoms with Crippen LogP contribution in [0.25, 0.3) is 11.3 Å². The second kappa shape index (κ2) is 4.28. The van der Waals surface area contributed by atoms with Crippen LogP contribution in [0.2, 0.25) is 0 Å². The lowest BCUT2D eigenvalue weighted by Gasteiger charge is -2.17. The number of furan rings is 1. The van der Waals surface area contributed by atoms with Gasteiger partial charge in [0.25, 0.3) is 0 Å². The number of benzene rings is 2. The van der Waals surface area contributed by atoms with Crippen molar-refractivity contribution in [1.29, 1.82) is 0 Å². The van der Waals surface area contributed by atoms with E-state index in [1.807, 2.05) is 6.07 Å². The number of rotatable bonds is 1. The van der Waals surface area contributed by atoms with Crippen molar-refractivity contribution >= 4 is 11.6 Å². The molecule has 100 valence electrons. The van der Waals surface area contributed by atoms with Crippen molar-refractivity contribution in [2.75, 3.05) is 0 Å². The molecule has 0 aliphatic heterocycles. The Hall–Kier alpha value is -2.94. The maximum absolute atomic E-state index is 12.6. The van der Waals surface area contributed by atoms with Gasteiger partial charge in [0.1, 0.15) is 5.76 Å². The smallest absolute Gasteiger partial charge is 0.194 e. The molecule has 0 saturated heterocycles. The molecule has 1 aromatic heterocycles. The van der Waals surface area contributed by atoms with Gasteiger partial charge in [0, 0.05) is 27.8 Å². The summed E-state index contributed by atoms with van der Waals surface area (Å²) in [6.07, 6.45) is 1.58. The summed E-state index contributed by atoms with van der Waals surface area (Å²) in [6.45, 7) is 0. The summed E-state index contributed by atoms with van der Waals surface area (Å²) in [5, 5.41) is 0. The molecule has 0 bridgehead atoms. The van der Waals surface area contributed by atoms with Crippen molar-refractivity contribution in [3.8, 4) is 11.3 Å². The van der Waals surface area contributed by atoms with E-state index >= 15 is 0 Å². The Morgan fingerprint density at radius 3 is 2.00 bits per heavy atom. The number of hydrogen-bond acceptors (Lipinski definition) is 3. The fourth-order valence-corrected chi connectivity index (χ4v) is 2.70. The first kappa shape index (κ1) is 11.9. The van der Waals surface area contributed by atoms with Gasteiger partial charge in [-0.1, -0.05) is 30.3 Å².